The molecule has 9 rings (SSSR count). The second-order valence-electron chi connectivity index (χ2n) is 15.4. The van der Waals surface area contributed by atoms with Crippen molar-refractivity contribution in [2.75, 3.05) is 56.9 Å². The van der Waals surface area contributed by atoms with Gasteiger partial charge in [-0.05, 0) is 139 Å². The number of likely N-dealkylation sites (tertiary alicyclic amines) is 2. The molecule has 2 N–H and O–H groups in total. The van der Waals surface area contributed by atoms with Gasteiger partial charge in [0.1, 0.15) is 11.6 Å². The smallest absolute Gasteiger partial charge is 0.172 e. The SMILES string of the molecule is CN1CCC(CNc2cc(-c3ccccc3Cl)nc3c(Br)cnn23)CC1.Clc1ccc(Cl)c(CN2CCC(CNc3cc(-c4ccccc4Cl)nc4c(Br)cnn34)CC2)c1. The molecule has 0 aliphatic carbocycles. The van der Waals surface area contributed by atoms with Gasteiger partial charge in [0.25, 0.3) is 0 Å². The Kier molecular flexibility index (Phi) is 14.2. The van der Waals surface area contributed by atoms with E-state index in [0.717, 1.165) is 129 Å². The van der Waals surface area contributed by atoms with Gasteiger partial charge in [0.2, 0.25) is 0 Å². The van der Waals surface area contributed by atoms with E-state index in [-0.39, 0.29) is 0 Å². The first kappa shape index (κ1) is 43.2. The highest BCUT2D eigenvalue weighted by Crippen LogP contribution is 2.33. The van der Waals surface area contributed by atoms with Crippen LogP contribution >= 0.6 is 78.3 Å². The predicted molar refractivity (Wildman–Crippen MR) is 254 cm³/mol. The molecule has 16 heteroatoms. The second kappa shape index (κ2) is 19.7. The fraction of sp³-hybridized carbons (Fsp3) is 0.318. The van der Waals surface area contributed by atoms with Crippen molar-refractivity contribution in [3.63, 3.8) is 0 Å². The number of nitrogens with one attached hydrogen (secondary N) is 2. The van der Waals surface area contributed by atoms with E-state index in [1.807, 2.05) is 87.9 Å². The topological polar surface area (TPSA) is 90.9 Å². The second-order valence-corrected chi connectivity index (χ2v) is 18.8. The van der Waals surface area contributed by atoms with Gasteiger partial charge in [-0.2, -0.15) is 19.2 Å². The molecule has 2 fully saturated rings. The molecule has 0 atom stereocenters. The van der Waals surface area contributed by atoms with Crippen LogP contribution < -0.4 is 10.6 Å². The fourth-order valence-electron chi connectivity index (χ4n) is 7.76. The van der Waals surface area contributed by atoms with Crippen molar-refractivity contribution in [3.8, 4) is 22.5 Å². The van der Waals surface area contributed by atoms with Crippen molar-refractivity contribution < 1.29 is 0 Å². The summed E-state index contributed by atoms with van der Waals surface area (Å²) < 4.78 is 5.39. The summed E-state index contributed by atoms with van der Waals surface area (Å²) in [5.41, 5.74) is 6.11. The van der Waals surface area contributed by atoms with Crippen molar-refractivity contribution in [1.82, 2.24) is 39.0 Å². The molecule has 4 aromatic heterocycles. The molecule has 6 heterocycles. The Balaban J connectivity index is 0.000000172. The number of hydrogen-bond acceptors (Lipinski definition) is 8. The molecule has 0 amide bonds. The quantitative estimate of drug-likeness (QED) is 0.140. The Morgan fingerprint density at radius 2 is 1.10 bits per heavy atom. The van der Waals surface area contributed by atoms with E-state index in [1.54, 1.807) is 12.4 Å². The molecule has 60 heavy (non-hydrogen) atoms. The summed E-state index contributed by atoms with van der Waals surface area (Å²) in [6, 6.07) is 25.3. The maximum Gasteiger partial charge on any atom is 0.172 e. The average Bonchev–Trinajstić information content (AvgIpc) is 3.83. The standard InChI is InChI=1S/C25H23BrCl3N5.C19H21BrClN5/c26-20-14-31-34-24(12-23(32-25(20)34)19-3-1-2-4-22(19)29)30-13-16-7-9-33(10-8-16)15-17-11-18(27)5-6-21(17)28;1-25-8-6-13(7-9-25)11-22-18-10-17(14-4-2-3-5-16(14)21)24-19-15(20)12-23-26(18)19/h1-6,11-12,14,16,30H,7-10,13,15H2;2-5,10,12-13,22H,6-9,11H2,1H3. The number of aromatic nitrogens is 6. The Morgan fingerprint density at radius 3 is 1.60 bits per heavy atom. The van der Waals surface area contributed by atoms with Crippen molar-refractivity contribution in [2.24, 2.45) is 11.8 Å². The first-order chi connectivity index (χ1) is 29.1. The third-order valence-corrected chi connectivity index (χ3v) is 13.6. The van der Waals surface area contributed by atoms with Crippen LogP contribution in [-0.2, 0) is 6.54 Å². The molecular weight excluding hydrogens is 970 g/mol. The molecule has 3 aromatic carbocycles. The summed E-state index contributed by atoms with van der Waals surface area (Å²) in [4.78, 5) is 14.4. The first-order valence-corrected chi connectivity index (χ1v) is 23.1. The van der Waals surface area contributed by atoms with Crippen LogP contribution in [0.5, 0.6) is 0 Å². The Bertz CT molecular complexity index is 2580. The molecule has 0 saturated carbocycles. The van der Waals surface area contributed by atoms with Crippen LogP contribution in [0.15, 0.2) is 100 Å². The van der Waals surface area contributed by atoms with Gasteiger partial charge in [0.05, 0.1) is 32.7 Å². The van der Waals surface area contributed by atoms with E-state index >= 15 is 0 Å². The summed E-state index contributed by atoms with van der Waals surface area (Å²) in [6.45, 7) is 7.01. The lowest BCUT2D eigenvalue weighted by atomic mass is 9.96. The minimum atomic E-state index is 0.567. The molecule has 2 aliphatic rings. The molecule has 0 bridgehead atoms. The van der Waals surface area contributed by atoms with E-state index in [0.29, 0.717) is 21.9 Å². The lowest BCUT2D eigenvalue weighted by molar-refractivity contribution is 0.182. The zero-order chi connectivity index (χ0) is 41.8. The number of nitrogens with zero attached hydrogens (tertiary/aromatic N) is 8. The number of anilines is 2. The Hall–Kier alpha value is -3.46. The Labute approximate surface area is 386 Å². The van der Waals surface area contributed by atoms with E-state index < -0.39 is 0 Å². The van der Waals surface area contributed by atoms with Crippen LogP contribution in [0, 0.1) is 11.8 Å². The van der Waals surface area contributed by atoms with Crippen molar-refractivity contribution >= 4 is 101 Å². The minimum absolute atomic E-state index is 0.567. The molecule has 2 aliphatic heterocycles. The number of fused-ring (bicyclic) bond motifs is 2. The summed E-state index contributed by atoms with van der Waals surface area (Å²) >= 11 is 32.5. The van der Waals surface area contributed by atoms with E-state index in [9.17, 15) is 0 Å². The normalized spacial score (nSPS) is 15.7. The highest BCUT2D eigenvalue weighted by atomic mass is 79.9. The number of piperidine rings is 2. The van der Waals surface area contributed by atoms with Crippen LogP contribution in [-0.4, -0.2) is 85.3 Å². The molecular formula is C44H44Br2Cl4N10. The largest absolute Gasteiger partial charge is 0.370 e. The number of rotatable bonds is 10. The summed E-state index contributed by atoms with van der Waals surface area (Å²) in [5.74, 6) is 3.09. The molecule has 0 unspecified atom stereocenters. The highest BCUT2D eigenvalue weighted by Gasteiger charge is 2.22. The predicted octanol–water partition coefficient (Wildman–Crippen LogP) is 12.0. The molecule has 312 valence electrons. The molecule has 0 spiro atoms. The average molecular weight is 1010 g/mol. The van der Waals surface area contributed by atoms with Gasteiger partial charge < -0.3 is 15.5 Å². The number of halogens is 6. The lowest BCUT2D eigenvalue weighted by Crippen LogP contribution is -2.35. The van der Waals surface area contributed by atoms with E-state index in [1.165, 1.54) is 12.8 Å². The highest BCUT2D eigenvalue weighted by molar-refractivity contribution is 9.11. The summed E-state index contributed by atoms with van der Waals surface area (Å²) in [5, 5.41) is 19.0. The zero-order valence-corrected chi connectivity index (χ0v) is 39.1. The van der Waals surface area contributed by atoms with Gasteiger partial charge in [-0.3, -0.25) is 4.90 Å². The van der Waals surface area contributed by atoms with Gasteiger partial charge >= 0.3 is 0 Å². The fourth-order valence-corrected chi connectivity index (χ4v) is 9.29. The van der Waals surface area contributed by atoms with Gasteiger partial charge in [0.15, 0.2) is 11.3 Å². The van der Waals surface area contributed by atoms with Gasteiger partial charge in [-0.15, -0.1) is 0 Å². The number of benzene rings is 3. The molecule has 7 aromatic rings. The zero-order valence-electron chi connectivity index (χ0n) is 32.9. The van der Waals surface area contributed by atoms with Gasteiger partial charge in [0, 0.05) is 63.0 Å². The molecule has 10 nitrogen and oxygen atoms in total. The third-order valence-electron chi connectivity index (χ3n) is 11.2. The summed E-state index contributed by atoms with van der Waals surface area (Å²) in [7, 11) is 2.19. The monoisotopic (exact) mass is 1010 g/mol. The molecule has 2 saturated heterocycles. The van der Waals surface area contributed by atoms with Crippen molar-refractivity contribution in [2.45, 2.75) is 32.2 Å². The summed E-state index contributed by atoms with van der Waals surface area (Å²) in [6.07, 6.45) is 8.21. The maximum absolute atomic E-state index is 6.45. The van der Waals surface area contributed by atoms with Crippen LogP contribution in [0.25, 0.3) is 33.8 Å². The van der Waals surface area contributed by atoms with E-state index in [2.05, 4.69) is 69.5 Å². The molecule has 0 radical (unpaired) electrons. The van der Waals surface area contributed by atoms with Crippen LogP contribution in [0.1, 0.15) is 31.2 Å². The lowest BCUT2D eigenvalue weighted by Gasteiger charge is -2.32. The first-order valence-electron chi connectivity index (χ1n) is 20.0. The number of hydrogen-bond donors (Lipinski definition) is 2. The van der Waals surface area contributed by atoms with Crippen LogP contribution in [0.2, 0.25) is 20.1 Å². The van der Waals surface area contributed by atoms with Gasteiger partial charge in [-0.25, -0.2) is 9.97 Å². The van der Waals surface area contributed by atoms with Gasteiger partial charge in [-0.1, -0.05) is 82.8 Å². The Morgan fingerprint density at radius 1 is 0.617 bits per heavy atom. The van der Waals surface area contributed by atoms with Crippen LogP contribution in [0.3, 0.4) is 0 Å². The van der Waals surface area contributed by atoms with Crippen LogP contribution in [0.4, 0.5) is 11.6 Å². The van der Waals surface area contributed by atoms with E-state index in [4.69, 9.17) is 56.4 Å². The maximum atomic E-state index is 6.45. The van der Waals surface area contributed by atoms with Crippen molar-refractivity contribution in [1.29, 1.82) is 0 Å². The minimum Gasteiger partial charge on any atom is -0.370 e. The third kappa shape index (κ3) is 10.2. The van der Waals surface area contributed by atoms with Crippen molar-refractivity contribution in [3.05, 3.63) is 126 Å².